The number of nitrogens with zero attached hydrogens (tertiary/aromatic N) is 1. The Kier molecular flexibility index (Phi) is 4.11. The van der Waals surface area contributed by atoms with Crippen molar-refractivity contribution in [3.8, 4) is 0 Å². The van der Waals surface area contributed by atoms with Crippen molar-refractivity contribution >= 4 is 44.0 Å². The van der Waals surface area contributed by atoms with Crippen molar-refractivity contribution in [3.63, 3.8) is 0 Å². The van der Waals surface area contributed by atoms with Gasteiger partial charge in [0.15, 0.2) is 6.29 Å². The van der Waals surface area contributed by atoms with E-state index in [2.05, 4.69) is 80.2 Å². The number of benzene rings is 2. The van der Waals surface area contributed by atoms with Crippen LogP contribution in [0.5, 0.6) is 0 Å². The summed E-state index contributed by atoms with van der Waals surface area (Å²) in [5, 5.41) is 2.45. The van der Waals surface area contributed by atoms with Crippen LogP contribution in [0.4, 0.5) is 0 Å². The van der Waals surface area contributed by atoms with Gasteiger partial charge in [0.2, 0.25) is 0 Å². The number of carbonyl (C=O) groups is 1. The van der Waals surface area contributed by atoms with Crippen LogP contribution in [-0.4, -0.2) is 10.9 Å². The van der Waals surface area contributed by atoms with E-state index in [4.69, 9.17) is 0 Å². The van der Waals surface area contributed by atoms with Crippen molar-refractivity contribution in [1.82, 2.24) is 4.57 Å². The number of aryl methyl sites for hydroxylation is 3. The summed E-state index contributed by atoms with van der Waals surface area (Å²) in [6.45, 7) is 13.9. The van der Waals surface area contributed by atoms with Crippen LogP contribution in [0.1, 0.15) is 54.7 Å². The van der Waals surface area contributed by atoms with Gasteiger partial charge in [-0.15, -0.1) is 0 Å². The average Bonchev–Trinajstić information content (AvgIpc) is 2.86. The van der Waals surface area contributed by atoms with Crippen LogP contribution in [-0.2, 0) is 12.0 Å². The minimum absolute atomic E-state index is 0.0978. The highest BCUT2D eigenvalue weighted by atomic mass is 79.9. The van der Waals surface area contributed by atoms with Crippen LogP contribution in [0, 0.1) is 13.8 Å². The molecule has 0 amide bonds. The Morgan fingerprint density at radius 3 is 2.38 bits per heavy atom. The van der Waals surface area contributed by atoms with Gasteiger partial charge in [0.25, 0.3) is 0 Å². The lowest BCUT2D eigenvalue weighted by molar-refractivity contribution is 0.112. The van der Waals surface area contributed by atoms with E-state index in [0.717, 1.165) is 34.0 Å². The molecule has 3 rings (SSSR count). The topological polar surface area (TPSA) is 22.0 Å². The number of aromatic nitrogens is 1. The molecule has 1 heterocycles. The molecule has 0 spiro atoms. The van der Waals surface area contributed by atoms with Crippen molar-refractivity contribution in [2.24, 2.45) is 0 Å². The summed E-state index contributed by atoms with van der Waals surface area (Å²) in [5.74, 6) is 0. The SMILES string of the molecule is CCn1c2ccc(C(C)(C)C)cc2c2c(C)c(C=O)c(Br)c(C)c21. The largest absolute Gasteiger partial charge is 0.340 e. The molecule has 1 aromatic heterocycles. The lowest BCUT2D eigenvalue weighted by atomic mass is 9.86. The van der Waals surface area contributed by atoms with Gasteiger partial charge < -0.3 is 4.57 Å². The monoisotopic (exact) mass is 385 g/mol. The normalized spacial score (nSPS) is 12.3. The lowest BCUT2D eigenvalue weighted by Gasteiger charge is -2.19. The van der Waals surface area contributed by atoms with Crippen LogP contribution in [0.25, 0.3) is 21.8 Å². The highest BCUT2D eigenvalue weighted by Gasteiger charge is 2.21. The van der Waals surface area contributed by atoms with E-state index in [9.17, 15) is 4.79 Å². The number of halogens is 1. The summed E-state index contributed by atoms with van der Waals surface area (Å²) in [7, 11) is 0. The Hall–Kier alpha value is -1.61. The summed E-state index contributed by atoms with van der Waals surface area (Å²) in [6, 6.07) is 6.76. The molecule has 3 heteroatoms. The molecule has 0 unspecified atom stereocenters. The van der Waals surface area contributed by atoms with Gasteiger partial charge in [0, 0.05) is 32.9 Å². The molecule has 0 aliphatic carbocycles. The standard InChI is InChI=1S/C21H24BrNO/c1-7-23-17-9-8-14(21(4,5)6)10-15(17)18-12(2)16(11-24)19(22)13(3)20(18)23/h8-11H,7H2,1-6H3. The molecule has 0 aliphatic rings. The number of hydrogen-bond donors (Lipinski definition) is 0. The summed E-state index contributed by atoms with van der Waals surface area (Å²) in [4.78, 5) is 11.6. The Bertz CT molecular complexity index is 974. The van der Waals surface area contributed by atoms with E-state index < -0.39 is 0 Å². The van der Waals surface area contributed by atoms with E-state index >= 15 is 0 Å². The number of fused-ring (bicyclic) bond motifs is 3. The van der Waals surface area contributed by atoms with Gasteiger partial charge in [-0.3, -0.25) is 4.79 Å². The first-order valence-corrected chi connectivity index (χ1v) is 9.21. The zero-order chi connectivity index (χ0) is 17.8. The first kappa shape index (κ1) is 17.2. The van der Waals surface area contributed by atoms with Gasteiger partial charge >= 0.3 is 0 Å². The highest BCUT2D eigenvalue weighted by Crippen LogP contribution is 2.40. The van der Waals surface area contributed by atoms with Crippen LogP contribution in [0.2, 0.25) is 0 Å². The third-order valence-corrected chi connectivity index (χ3v) is 6.09. The third-order valence-electron chi connectivity index (χ3n) is 5.06. The zero-order valence-corrected chi connectivity index (χ0v) is 16.8. The van der Waals surface area contributed by atoms with Crippen LogP contribution in [0.15, 0.2) is 22.7 Å². The smallest absolute Gasteiger partial charge is 0.151 e. The van der Waals surface area contributed by atoms with Gasteiger partial charge in [-0.05, 0) is 70.9 Å². The summed E-state index contributed by atoms with van der Waals surface area (Å²) in [6.07, 6.45) is 0.967. The van der Waals surface area contributed by atoms with Crippen molar-refractivity contribution < 1.29 is 4.79 Å². The maximum Gasteiger partial charge on any atom is 0.151 e. The van der Waals surface area contributed by atoms with Crippen LogP contribution in [0.3, 0.4) is 0 Å². The lowest BCUT2D eigenvalue weighted by Crippen LogP contribution is -2.10. The number of rotatable bonds is 2. The molecule has 0 bridgehead atoms. The van der Waals surface area contributed by atoms with Crippen molar-refractivity contribution in [2.75, 3.05) is 0 Å². The molecule has 0 radical (unpaired) electrons. The second kappa shape index (κ2) is 5.73. The molecule has 0 N–H and O–H groups in total. The second-order valence-corrected chi connectivity index (χ2v) is 8.34. The van der Waals surface area contributed by atoms with Gasteiger partial charge in [0.05, 0.1) is 5.52 Å². The summed E-state index contributed by atoms with van der Waals surface area (Å²) < 4.78 is 3.27. The molecule has 3 aromatic rings. The summed E-state index contributed by atoms with van der Waals surface area (Å²) in [5.41, 5.74) is 6.83. The van der Waals surface area contributed by atoms with Gasteiger partial charge in [-0.2, -0.15) is 0 Å². The quantitative estimate of drug-likeness (QED) is 0.474. The summed E-state index contributed by atoms with van der Waals surface area (Å²) >= 11 is 3.63. The molecule has 126 valence electrons. The van der Waals surface area contributed by atoms with Crippen molar-refractivity contribution in [1.29, 1.82) is 0 Å². The zero-order valence-electron chi connectivity index (χ0n) is 15.2. The number of carbonyl (C=O) groups excluding carboxylic acids is 1. The molecular weight excluding hydrogens is 362 g/mol. The second-order valence-electron chi connectivity index (χ2n) is 7.55. The van der Waals surface area contributed by atoms with E-state index in [0.29, 0.717) is 0 Å². The third kappa shape index (κ3) is 2.33. The molecule has 0 saturated carbocycles. The van der Waals surface area contributed by atoms with E-state index in [-0.39, 0.29) is 5.41 Å². The fourth-order valence-electron chi connectivity index (χ4n) is 3.66. The molecule has 0 saturated heterocycles. The Balaban J connectivity index is 2.61. The molecular formula is C21H24BrNO. The van der Waals surface area contributed by atoms with E-state index in [1.807, 2.05) is 0 Å². The molecule has 0 fully saturated rings. The van der Waals surface area contributed by atoms with Gasteiger partial charge in [0.1, 0.15) is 0 Å². The first-order valence-electron chi connectivity index (χ1n) is 8.42. The Morgan fingerprint density at radius 1 is 1.17 bits per heavy atom. The maximum atomic E-state index is 11.6. The molecule has 24 heavy (non-hydrogen) atoms. The number of aldehydes is 1. The number of hydrogen-bond acceptors (Lipinski definition) is 1. The first-order chi connectivity index (χ1) is 11.2. The average molecular weight is 386 g/mol. The molecule has 2 aromatic carbocycles. The minimum Gasteiger partial charge on any atom is -0.340 e. The Labute approximate surface area is 152 Å². The van der Waals surface area contributed by atoms with Crippen molar-refractivity contribution in [2.45, 2.75) is 53.5 Å². The fourth-order valence-corrected chi connectivity index (χ4v) is 4.24. The van der Waals surface area contributed by atoms with E-state index in [1.54, 1.807) is 0 Å². The molecule has 2 nitrogen and oxygen atoms in total. The maximum absolute atomic E-state index is 11.6. The minimum atomic E-state index is 0.0978. The highest BCUT2D eigenvalue weighted by molar-refractivity contribution is 9.10. The fraction of sp³-hybridized carbons (Fsp3) is 0.381. The Morgan fingerprint density at radius 2 is 1.83 bits per heavy atom. The van der Waals surface area contributed by atoms with Crippen LogP contribution < -0.4 is 0 Å². The predicted molar refractivity (Wildman–Crippen MR) is 106 cm³/mol. The molecule has 0 atom stereocenters. The van der Waals surface area contributed by atoms with Crippen LogP contribution >= 0.6 is 15.9 Å². The van der Waals surface area contributed by atoms with Gasteiger partial charge in [-0.25, -0.2) is 0 Å². The van der Waals surface area contributed by atoms with Gasteiger partial charge in [-0.1, -0.05) is 26.8 Å². The van der Waals surface area contributed by atoms with Crippen molar-refractivity contribution in [3.05, 3.63) is 44.9 Å². The molecule has 0 aliphatic heterocycles. The van der Waals surface area contributed by atoms with E-state index in [1.165, 1.54) is 27.4 Å². The predicted octanol–water partition coefficient (Wildman–Crippen LogP) is 6.30.